The van der Waals surface area contributed by atoms with E-state index in [4.69, 9.17) is 14.0 Å². The predicted molar refractivity (Wildman–Crippen MR) is 48.4 cm³/mol. The van der Waals surface area contributed by atoms with E-state index in [-0.39, 0.29) is 11.7 Å². The van der Waals surface area contributed by atoms with Gasteiger partial charge in [-0.3, -0.25) is 0 Å². The van der Waals surface area contributed by atoms with Gasteiger partial charge in [0.05, 0.1) is 11.9 Å². The number of aromatic nitrogens is 2. The SMILES string of the molecule is Cc1noc(C)c1-c1ncc(C(=O)O)o1. The Labute approximate surface area is 84.5 Å². The van der Waals surface area contributed by atoms with Gasteiger partial charge in [-0.1, -0.05) is 5.16 Å². The highest BCUT2D eigenvalue weighted by Crippen LogP contribution is 2.26. The highest BCUT2D eigenvalue weighted by molar-refractivity contribution is 5.84. The van der Waals surface area contributed by atoms with Gasteiger partial charge in [0, 0.05) is 0 Å². The lowest BCUT2D eigenvalue weighted by molar-refractivity contribution is 0.0663. The van der Waals surface area contributed by atoms with Gasteiger partial charge in [-0.2, -0.15) is 0 Å². The minimum Gasteiger partial charge on any atom is -0.475 e. The number of aryl methyl sites for hydroxylation is 2. The van der Waals surface area contributed by atoms with E-state index < -0.39 is 5.97 Å². The molecule has 0 saturated heterocycles. The molecule has 2 heterocycles. The van der Waals surface area contributed by atoms with Gasteiger partial charge in [0.2, 0.25) is 11.7 Å². The first-order valence-corrected chi connectivity index (χ1v) is 4.22. The molecule has 0 spiro atoms. The molecular weight excluding hydrogens is 200 g/mol. The number of aromatic carboxylic acids is 1. The fourth-order valence-corrected chi connectivity index (χ4v) is 1.28. The van der Waals surface area contributed by atoms with Crippen molar-refractivity contribution in [2.24, 2.45) is 0 Å². The van der Waals surface area contributed by atoms with Crippen LogP contribution in [0.1, 0.15) is 22.0 Å². The molecule has 15 heavy (non-hydrogen) atoms. The molecule has 6 nitrogen and oxygen atoms in total. The summed E-state index contributed by atoms with van der Waals surface area (Å²) in [5, 5.41) is 12.4. The van der Waals surface area contributed by atoms with Crippen LogP contribution in [0.25, 0.3) is 11.5 Å². The topological polar surface area (TPSA) is 89.4 Å². The number of carboxylic acid groups (broad SMARTS) is 1. The highest BCUT2D eigenvalue weighted by Gasteiger charge is 2.18. The largest absolute Gasteiger partial charge is 0.475 e. The van der Waals surface area contributed by atoms with Crippen molar-refractivity contribution in [2.75, 3.05) is 0 Å². The second-order valence-corrected chi connectivity index (χ2v) is 3.03. The van der Waals surface area contributed by atoms with E-state index >= 15 is 0 Å². The number of hydrogen-bond donors (Lipinski definition) is 1. The Morgan fingerprint density at radius 3 is 2.67 bits per heavy atom. The summed E-state index contributed by atoms with van der Waals surface area (Å²) in [6, 6.07) is 0. The average Bonchev–Trinajstić information content (AvgIpc) is 2.73. The van der Waals surface area contributed by atoms with Crippen molar-refractivity contribution in [3.63, 3.8) is 0 Å². The first kappa shape index (κ1) is 9.45. The third-order valence-electron chi connectivity index (χ3n) is 1.96. The van der Waals surface area contributed by atoms with E-state index in [1.54, 1.807) is 13.8 Å². The number of rotatable bonds is 2. The van der Waals surface area contributed by atoms with Crippen molar-refractivity contribution in [1.29, 1.82) is 0 Å². The van der Waals surface area contributed by atoms with Crippen molar-refractivity contribution in [1.82, 2.24) is 10.1 Å². The van der Waals surface area contributed by atoms with E-state index in [2.05, 4.69) is 10.1 Å². The molecule has 2 aromatic heterocycles. The minimum absolute atomic E-state index is 0.204. The number of carbonyl (C=O) groups is 1. The van der Waals surface area contributed by atoms with E-state index in [1.165, 1.54) is 0 Å². The summed E-state index contributed by atoms with van der Waals surface area (Å²) < 4.78 is 9.96. The smallest absolute Gasteiger partial charge is 0.373 e. The summed E-state index contributed by atoms with van der Waals surface area (Å²) in [4.78, 5) is 14.4. The molecule has 0 saturated carbocycles. The van der Waals surface area contributed by atoms with Crippen molar-refractivity contribution in [3.05, 3.63) is 23.4 Å². The molecule has 0 fully saturated rings. The first-order chi connectivity index (χ1) is 7.09. The lowest BCUT2D eigenvalue weighted by Gasteiger charge is -1.91. The van der Waals surface area contributed by atoms with Crippen LogP contribution in [0.4, 0.5) is 0 Å². The van der Waals surface area contributed by atoms with Crippen LogP contribution in [0.5, 0.6) is 0 Å². The third-order valence-corrected chi connectivity index (χ3v) is 1.96. The first-order valence-electron chi connectivity index (χ1n) is 4.22. The van der Waals surface area contributed by atoms with Gasteiger partial charge in [-0.05, 0) is 13.8 Å². The maximum Gasteiger partial charge on any atom is 0.373 e. The van der Waals surface area contributed by atoms with Gasteiger partial charge in [0.15, 0.2) is 0 Å². The lowest BCUT2D eigenvalue weighted by Crippen LogP contribution is -1.91. The molecular formula is C9H8N2O4. The molecule has 1 N–H and O–H groups in total. The number of hydrogen-bond acceptors (Lipinski definition) is 5. The zero-order valence-electron chi connectivity index (χ0n) is 8.14. The van der Waals surface area contributed by atoms with Gasteiger partial charge in [0.1, 0.15) is 11.3 Å². The standard InChI is InChI=1S/C9H8N2O4/c1-4-7(5(2)15-11-4)8-10-3-6(14-8)9(12)13/h3H,1-2H3,(H,12,13). The van der Waals surface area contributed by atoms with E-state index in [9.17, 15) is 4.79 Å². The highest BCUT2D eigenvalue weighted by atomic mass is 16.5. The summed E-state index contributed by atoms with van der Waals surface area (Å²) in [5.74, 6) is -0.597. The molecule has 0 aromatic carbocycles. The second kappa shape index (κ2) is 3.23. The molecule has 0 atom stereocenters. The van der Waals surface area contributed by atoms with E-state index in [0.717, 1.165) is 6.20 Å². The van der Waals surface area contributed by atoms with Crippen LogP contribution in [-0.2, 0) is 0 Å². The quantitative estimate of drug-likeness (QED) is 0.806. The van der Waals surface area contributed by atoms with E-state index in [0.29, 0.717) is 17.0 Å². The molecule has 0 aliphatic heterocycles. The molecule has 0 radical (unpaired) electrons. The summed E-state index contributed by atoms with van der Waals surface area (Å²) in [5.41, 5.74) is 1.22. The fraction of sp³-hybridized carbons (Fsp3) is 0.222. The number of oxazole rings is 1. The Morgan fingerprint density at radius 2 is 2.20 bits per heavy atom. The van der Waals surface area contributed by atoms with Gasteiger partial charge < -0.3 is 14.0 Å². The molecule has 2 rings (SSSR count). The molecule has 0 aliphatic carbocycles. The summed E-state index contributed by atoms with van der Waals surface area (Å²) in [6.07, 6.45) is 1.16. The van der Waals surface area contributed by atoms with Gasteiger partial charge in [0.25, 0.3) is 0 Å². The number of carboxylic acids is 1. The fourth-order valence-electron chi connectivity index (χ4n) is 1.28. The minimum atomic E-state index is -1.15. The zero-order chi connectivity index (χ0) is 11.0. The molecule has 0 unspecified atom stereocenters. The van der Waals surface area contributed by atoms with Crippen molar-refractivity contribution in [2.45, 2.75) is 13.8 Å². The van der Waals surface area contributed by atoms with Crippen LogP contribution >= 0.6 is 0 Å². The molecule has 2 aromatic rings. The van der Waals surface area contributed by atoms with Crippen LogP contribution in [0, 0.1) is 13.8 Å². The van der Waals surface area contributed by atoms with Crippen LogP contribution < -0.4 is 0 Å². The Hall–Kier alpha value is -2.11. The van der Waals surface area contributed by atoms with Crippen molar-refractivity contribution in [3.8, 4) is 11.5 Å². The van der Waals surface area contributed by atoms with Crippen LogP contribution in [0.15, 0.2) is 15.1 Å². The zero-order valence-corrected chi connectivity index (χ0v) is 8.14. The Bertz CT molecular complexity index is 492. The Balaban J connectivity index is 2.50. The molecule has 0 aliphatic rings. The molecule has 0 amide bonds. The van der Waals surface area contributed by atoms with Gasteiger partial charge >= 0.3 is 5.97 Å². The van der Waals surface area contributed by atoms with Crippen LogP contribution in [0.2, 0.25) is 0 Å². The monoisotopic (exact) mass is 208 g/mol. The van der Waals surface area contributed by atoms with Crippen molar-refractivity contribution < 1.29 is 18.8 Å². The van der Waals surface area contributed by atoms with Crippen molar-refractivity contribution >= 4 is 5.97 Å². The maximum absolute atomic E-state index is 10.6. The average molecular weight is 208 g/mol. The lowest BCUT2D eigenvalue weighted by atomic mass is 10.2. The Kier molecular flexibility index (Phi) is 2.03. The maximum atomic E-state index is 10.6. The molecule has 6 heteroatoms. The van der Waals surface area contributed by atoms with Crippen LogP contribution in [-0.4, -0.2) is 21.2 Å². The van der Waals surface area contributed by atoms with Gasteiger partial charge in [-0.15, -0.1) is 0 Å². The third kappa shape index (κ3) is 1.50. The van der Waals surface area contributed by atoms with Gasteiger partial charge in [-0.25, -0.2) is 9.78 Å². The normalized spacial score (nSPS) is 10.5. The van der Waals surface area contributed by atoms with E-state index in [1.807, 2.05) is 0 Å². The molecule has 0 bridgehead atoms. The predicted octanol–water partition coefficient (Wildman–Crippen LogP) is 1.64. The van der Waals surface area contributed by atoms with Crippen LogP contribution in [0.3, 0.4) is 0 Å². The second-order valence-electron chi connectivity index (χ2n) is 3.03. The summed E-state index contributed by atoms with van der Waals surface area (Å²) >= 11 is 0. The molecule has 78 valence electrons. The Morgan fingerprint density at radius 1 is 1.47 bits per heavy atom. The summed E-state index contributed by atoms with van der Waals surface area (Å²) in [7, 11) is 0. The number of nitrogens with zero attached hydrogens (tertiary/aromatic N) is 2. The summed E-state index contributed by atoms with van der Waals surface area (Å²) in [6.45, 7) is 3.44.